The fourth-order valence-electron chi connectivity index (χ4n) is 3.28. The summed E-state index contributed by atoms with van der Waals surface area (Å²) in [7, 11) is 0. The molecule has 144 valence electrons. The summed E-state index contributed by atoms with van der Waals surface area (Å²) in [5.74, 6) is -0.553. The van der Waals surface area contributed by atoms with E-state index < -0.39 is 0 Å². The summed E-state index contributed by atoms with van der Waals surface area (Å²) in [6.07, 6.45) is 0. The number of aryl methyl sites for hydroxylation is 3. The summed E-state index contributed by atoms with van der Waals surface area (Å²) in [6.45, 7) is 6.00. The third-order valence-corrected chi connectivity index (χ3v) is 6.18. The second-order valence-corrected chi connectivity index (χ2v) is 8.28. The molecule has 1 heterocycles. The summed E-state index contributed by atoms with van der Waals surface area (Å²) >= 11 is 1.34. The van der Waals surface area contributed by atoms with Crippen LogP contribution < -0.4 is 4.90 Å². The van der Waals surface area contributed by atoms with Crippen LogP contribution in [-0.4, -0.2) is 11.8 Å². The van der Waals surface area contributed by atoms with Crippen LogP contribution in [0.1, 0.15) is 22.3 Å². The Morgan fingerprint density at radius 3 is 2.07 bits per heavy atom. The minimum Gasteiger partial charge on any atom is -0.268 e. The van der Waals surface area contributed by atoms with Gasteiger partial charge in [0.05, 0.1) is 16.2 Å². The number of thioether (sulfide) groups is 1. The maximum Gasteiger partial charge on any atom is 0.272 e. The van der Waals surface area contributed by atoms with Crippen molar-refractivity contribution in [1.29, 1.82) is 0 Å². The van der Waals surface area contributed by atoms with Crippen LogP contribution in [0.2, 0.25) is 0 Å². The molecule has 0 spiro atoms. The molecule has 1 aliphatic heterocycles. The Bertz CT molecular complexity index is 1130. The number of imide groups is 1. The van der Waals surface area contributed by atoms with Gasteiger partial charge in [0, 0.05) is 4.90 Å². The number of rotatable bonds is 4. The van der Waals surface area contributed by atoms with Crippen LogP contribution in [0.25, 0.3) is 5.57 Å². The third-order valence-electron chi connectivity index (χ3n) is 5.09. The average Bonchev–Trinajstić information content (AvgIpc) is 2.95. The van der Waals surface area contributed by atoms with Crippen LogP contribution in [0.15, 0.2) is 82.6 Å². The molecule has 0 unspecified atom stereocenters. The summed E-state index contributed by atoms with van der Waals surface area (Å²) in [5.41, 5.74) is 5.11. The molecule has 0 bridgehead atoms. The molecule has 2 amide bonds. The number of amides is 2. The lowest BCUT2D eigenvalue weighted by molar-refractivity contribution is -0.119. The van der Waals surface area contributed by atoms with Gasteiger partial charge < -0.3 is 0 Å². The van der Waals surface area contributed by atoms with Crippen LogP contribution in [0.3, 0.4) is 0 Å². The van der Waals surface area contributed by atoms with Gasteiger partial charge in [0.25, 0.3) is 11.8 Å². The van der Waals surface area contributed by atoms with Gasteiger partial charge in [-0.05, 0) is 61.7 Å². The molecule has 3 aromatic carbocycles. The minimum atomic E-state index is -0.277. The van der Waals surface area contributed by atoms with E-state index in [4.69, 9.17) is 0 Å². The Morgan fingerprint density at radius 2 is 1.41 bits per heavy atom. The van der Waals surface area contributed by atoms with E-state index in [0.29, 0.717) is 16.2 Å². The molecule has 3 nitrogen and oxygen atoms in total. The van der Waals surface area contributed by atoms with Crippen LogP contribution in [0, 0.1) is 20.8 Å². The van der Waals surface area contributed by atoms with Crippen LogP contribution >= 0.6 is 11.8 Å². The van der Waals surface area contributed by atoms with Gasteiger partial charge in [-0.25, -0.2) is 4.90 Å². The standard InChI is InChI=1S/C25H21NO2S/c1-16-9-12-19(13-10-16)22-23(29-21-7-5-4-6-8-21)25(28)26(24(22)27)20-14-11-17(2)18(3)15-20/h4-15H,1-3H3. The number of benzene rings is 3. The number of nitrogens with zero attached hydrogens (tertiary/aromatic N) is 1. The van der Waals surface area contributed by atoms with Crippen molar-refractivity contribution in [1.82, 2.24) is 0 Å². The first-order valence-electron chi connectivity index (χ1n) is 9.46. The van der Waals surface area contributed by atoms with E-state index >= 15 is 0 Å². The van der Waals surface area contributed by atoms with E-state index in [0.717, 1.165) is 27.1 Å². The molecule has 0 fully saturated rings. The number of hydrogen-bond acceptors (Lipinski definition) is 3. The summed E-state index contributed by atoms with van der Waals surface area (Å²) in [5, 5.41) is 0. The van der Waals surface area contributed by atoms with Gasteiger partial charge in [0.2, 0.25) is 0 Å². The molecule has 0 N–H and O–H groups in total. The van der Waals surface area contributed by atoms with Crippen molar-refractivity contribution in [2.45, 2.75) is 25.7 Å². The SMILES string of the molecule is Cc1ccc(C2=C(Sc3ccccc3)C(=O)N(c3ccc(C)c(C)c3)C2=O)cc1. The molecule has 4 heteroatoms. The van der Waals surface area contributed by atoms with E-state index in [-0.39, 0.29) is 11.8 Å². The van der Waals surface area contributed by atoms with Crippen molar-refractivity contribution < 1.29 is 9.59 Å². The minimum absolute atomic E-state index is 0.275. The zero-order valence-corrected chi connectivity index (χ0v) is 17.4. The molecule has 0 radical (unpaired) electrons. The predicted molar refractivity (Wildman–Crippen MR) is 119 cm³/mol. The highest BCUT2D eigenvalue weighted by molar-refractivity contribution is 8.04. The topological polar surface area (TPSA) is 37.4 Å². The lowest BCUT2D eigenvalue weighted by Crippen LogP contribution is -2.31. The van der Waals surface area contributed by atoms with Crippen molar-refractivity contribution in [3.63, 3.8) is 0 Å². The Morgan fingerprint density at radius 1 is 0.724 bits per heavy atom. The fraction of sp³-hybridized carbons (Fsp3) is 0.120. The normalized spacial score (nSPS) is 14.1. The van der Waals surface area contributed by atoms with Crippen LogP contribution in [-0.2, 0) is 9.59 Å². The molecular weight excluding hydrogens is 378 g/mol. The zero-order chi connectivity index (χ0) is 20.5. The second kappa shape index (κ2) is 7.72. The molecule has 0 saturated heterocycles. The quantitative estimate of drug-likeness (QED) is 0.529. The summed E-state index contributed by atoms with van der Waals surface area (Å²) in [6, 6.07) is 23.1. The van der Waals surface area contributed by atoms with Gasteiger partial charge in [-0.3, -0.25) is 9.59 Å². The molecular formula is C25H21NO2S. The molecule has 0 saturated carbocycles. The van der Waals surface area contributed by atoms with Crippen molar-refractivity contribution >= 4 is 34.8 Å². The Labute approximate surface area is 175 Å². The Balaban J connectivity index is 1.83. The molecule has 3 aromatic rings. The van der Waals surface area contributed by atoms with E-state index in [1.807, 2.05) is 93.6 Å². The fourth-order valence-corrected chi connectivity index (χ4v) is 4.30. The Hall–Kier alpha value is -3.11. The summed E-state index contributed by atoms with van der Waals surface area (Å²) < 4.78 is 0. The average molecular weight is 400 g/mol. The van der Waals surface area contributed by atoms with E-state index in [1.165, 1.54) is 16.7 Å². The lowest BCUT2D eigenvalue weighted by atomic mass is 10.0. The maximum absolute atomic E-state index is 13.4. The third kappa shape index (κ3) is 3.64. The van der Waals surface area contributed by atoms with E-state index in [9.17, 15) is 9.59 Å². The molecule has 29 heavy (non-hydrogen) atoms. The van der Waals surface area contributed by atoms with Gasteiger partial charge in [-0.2, -0.15) is 0 Å². The first kappa shape index (κ1) is 19.2. The van der Waals surface area contributed by atoms with Crippen LogP contribution in [0.5, 0.6) is 0 Å². The van der Waals surface area contributed by atoms with Gasteiger partial charge in [0.1, 0.15) is 0 Å². The van der Waals surface area contributed by atoms with E-state index in [2.05, 4.69) is 0 Å². The number of hydrogen-bond donors (Lipinski definition) is 0. The van der Waals surface area contributed by atoms with Crippen LogP contribution in [0.4, 0.5) is 5.69 Å². The monoisotopic (exact) mass is 399 g/mol. The zero-order valence-electron chi connectivity index (χ0n) is 16.6. The second-order valence-electron chi connectivity index (χ2n) is 7.20. The molecule has 4 rings (SSSR count). The lowest BCUT2D eigenvalue weighted by Gasteiger charge is -2.16. The first-order valence-corrected chi connectivity index (χ1v) is 10.3. The molecule has 0 aromatic heterocycles. The maximum atomic E-state index is 13.4. The highest BCUT2D eigenvalue weighted by Gasteiger charge is 2.40. The Kier molecular flexibility index (Phi) is 5.12. The molecule has 0 atom stereocenters. The first-order chi connectivity index (χ1) is 14.0. The van der Waals surface area contributed by atoms with Crippen molar-refractivity contribution in [2.75, 3.05) is 4.90 Å². The van der Waals surface area contributed by atoms with Gasteiger partial charge >= 0.3 is 0 Å². The van der Waals surface area contributed by atoms with Gasteiger partial charge in [0.15, 0.2) is 0 Å². The highest BCUT2D eigenvalue weighted by atomic mass is 32.2. The highest BCUT2D eigenvalue weighted by Crippen LogP contribution is 2.41. The summed E-state index contributed by atoms with van der Waals surface area (Å²) in [4.78, 5) is 29.5. The molecule has 0 aliphatic carbocycles. The van der Waals surface area contributed by atoms with Crippen molar-refractivity contribution in [3.8, 4) is 0 Å². The largest absolute Gasteiger partial charge is 0.272 e. The molecule has 1 aliphatic rings. The number of anilines is 1. The number of carbonyl (C=O) groups excluding carboxylic acids is 2. The van der Waals surface area contributed by atoms with Crippen molar-refractivity contribution in [3.05, 3.63) is 100.0 Å². The smallest absolute Gasteiger partial charge is 0.268 e. The van der Waals surface area contributed by atoms with E-state index in [1.54, 1.807) is 0 Å². The van der Waals surface area contributed by atoms with Gasteiger partial charge in [-0.15, -0.1) is 0 Å². The number of carbonyl (C=O) groups is 2. The van der Waals surface area contributed by atoms with Gasteiger partial charge in [-0.1, -0.05) is 65.9 Å². The predicted octanol–water partition coefficient (Wildman–Crippen LogP) is 5.69. The van der Waals surface area contributed by atoms with Crippen molar-refractivity contribution in [2.24, 2.45) is 0 Å².